The van der Waals surface area contributed by atoms with E-state index in [1.165, 1.54) is 0 Å². The van der Waals surface area contributed by atoms with Gasteiger partial charge in [-0.2, -0.15) is 13.2 Å². The van der Waals surface area contributed by atoms with E-state index in [9.17, 15) is 26.3 Å². The van der Waals surface area contributed by atoms with E-state index in [2.05, 4.69) is 15.3 Å². The predicted molar refractivity (Wildman–Crippen MR) is 74.1 cm³/mol. The first-order valence-corrected chi connectivity index (χ1v) is 6.50. The summed E-state index contributed by atoms with van der Waals surface area (Å²) >= 11 is 0. The molecule has 0 amide bonds. The van der Waals surface area contributed by atoms with E-state index in [0.717, 1.165) is 30.3 Å². The number of halogens is 6. The van der Waals surface area contributed by atoms with Crippen LogP contribution >= 0.6 is 0 Å². The molecule has 3 nitrogen and oxygen atoms in total. The Morgan fingerprint density at radius 1 is 0.833 bits per heavy atom. The average molecular weight is 343 g/mol. The van der Waals surface area contributed by atoms with Crippen LogP contribution in [-0.4, -0.2) is 9.97 Å². The molecule has 3 rings (SSSR count). The highest BCUT2D eigenvalue weighted by Crippen LogP contribution is 2.32. The van der Waals surface area contributed by atoms with E-state index < -0.39 is 35.3 Å². The lowest BCUT2D eigenvalue weighted by Gasteiger charge is -2.13. The third-order valence-electron chi connectivity index (χ3n) is 3.10. The molecular formula is C15H7F6N3. The fourth-order valence-electron chi connectivity index (χ4n) is 2.04. The van der Waals surface area contributed by atoms with Gasteiger partial charge < -0.3 is 5.32 Å². The minimum atomic E-state index is -4.85. The Balaban J connectivity index is 2.18. The van der Waals surface area contributed by atoms with E-state index >= 15 is 0 Å². The molecule has 0 spiro atoms. The topological polar surface area (TPSA) is 37.8 Å². The van der Waals surface area contributed by atoms with Crippen LogP contribution in [0.15, 0.2) is 36.4 Å². The summed E-state index contributed by atoms with van der Waals surface area (Å²) in [6, 6.07) is 5.37. The van der Waals surface area contributed by atoms with Crippen molar-refractivity contribution in [3.05, 3.63) is 59.7 Å². The molecule has 0 radical (unpaired) electrons. The first kappa shape index (κ1) is 16.0. The van der Waals surface area contributed by atoms with Crippen molar-refractivity contribution < 1.29 is 26.3 Å². The van der Waals surface area contributed by atoms with Crippen LogP contribution in [0.1, 0.15) is 5.82 Å². The maximum atomic E-state index is 13.7. The number of aromatic nitrogens is 2. The van der Waals surface area contributed by atoms with Gasteiger partial charge in [0.05, 0.1) is 11.2 Å². The molecule has 0 unspecified atom stereocenters. The van der Waals surface area contributed by atoms with Gasteiger partial charge in [-0.25, -0.2) is 23.1 Å². The van der Waals surface area contributed by atoms with Crippen molar-refractivity contribution in [2.24, 2.45) is 0 Å². The van der Waals surface area contributed by atoms with Gasteiger partial charge in [0, 0.05) is 11.5 Å². The molecule has 3 aromatic rings. The Hall–Kier alpha value is -2.84. The zero-order chi connectivity index (χ0) is 17.5. The Bertz CT molecular complexity index is 923. The number of hydrogen-bond donors (Lipinski definition) is 1. The Labute approximate surface area is 131 Å². The van der Waals surface area contributed by atoms with Crippen molar-refractivity contribution in [3.8, 4) is 0 Å². The monoisotopic (exact) mass is 343 g/mol. The lowest BCUT2D eigenvalue weighted by molar-refractivity contribution is -0.144. The van der Waals surface area contributed by atoms with Gasteiger partial charge in [-0.3, -0.25) is 0 Å². The maximum Gasteiger partial charge on any atom is 0.451 e. The molecule has 0 aliphatic carbocycles. The third kappa shape index (κ3) is 3.10. The molecule has 1 heterocycles. The smallest absolute Gasteiger partial charge is 0.337 e. The predicted octanol–water partition coefficient (Wildman–Crippen LogP) is 4.81. The van der Waals surface area contributed by atoms with Crippen LogP contribution in [-0.2, 0) is 6.18 Å². The molecule has 0 aliphatic heterocycles. The molecule has 24 heavy (non-hydrogen) atoms. The number of benzene rings is 2. The van der Waals surface area contributed by atoms with Crippen LogP contribution in [0, 0.1) is 17.5 Å². The van der Waals surface area contributed by atoms with E-state index in [0.29, 0.717) is 6.07 Å². The number of alkyl halides is 3. The van der Waals surface area contributed by atoms with Crippen molar-refractivity contribution in [1.82, 2.24) is 9.97 Å². The van der Waals surface area contributed by atoms with Crippen LogP contribution in [0.2, 0.25) is 0 Å². The summed E-state index contributed by atoms with van der Waals surface area (Å²) in [5.41, 5.74) is -0.488. The van der Waals surface area contributed by atoms with Crippen molar-refractivity contribution in [2.45, 2.75) is 6.18 Å². The number of fused-ring (bicyclic) bond motifs is 1. The molecule has 1 aromatic heterocycles. The van der Waals surface area contributed by atoms with Crippen molar-refractivity contribution in [2.75, 3.05) is 5.32 Å². The summed E-state index contributed by atoms with van der Waals surface area (Å²) in [6.07, 6.45) is -4.85. The summed E-state index contributed by atoms with van der Waals surface area (Å²) < 4.78 is 78.7. The molecular weight excluding hydrogens is 336 g/mol. The van der Waals surface area contributed by atoms with Crippen molar-refractivity contribution in [3.63, 3.8) is 0 Å². The van der Waals surface area contributed by atoms with Gasteiger partial charge in [0.1, 0.15) is 23.3 Å². The van der Waals surface area contributed by atoms with Gasteiger partial charge in [0.2, 0.25) is 5.82 Å². The second kappa shape index (κ2) is 5.66. The van der Waals surface area contributed by atoms with Gasteiger partial charge in [-0.1, -0.05) is 0 Å². The molecule has 0 saturated carbocycles. The minimum Gasteiger partial charge on any atom is -0.337 e. The lowest BCUT2D eigenvalue weighted by Crippen LogP contribution is -2.13. The van der Waals surface area contributed by atoms with Crippen LogP contribution in [0.3, 0.4) is 0 Å². The Morgan fingerprint density at radius 2 is 1.50 bits per heavy atom. The number of nitrogens with one attached hydrogen (secondary N) is 1. The van der Waals surface area contributed by atoms with Crippen molar-refractivity contribution >= 4 is 22.4 Å². The largest absolute Gasteiger partial charge is 0.451 e. The average Bonchev–Trinajstić information content (AvgIpc) is 2.49. The van der Waals surface area contributed by atoms with E-state index in [-0.39, 0.29) is 16.6 Å². The summed E-state index contributed by atoms with van der Waals surface area (Å²) in [7, 11) is 0. The van der Waals surface area contributed by atoms with Gasteiger partial charge in [0.15, 0.2) is 0 Å². The number of nitrogens with zero attached hydrogens (tertiary/aromatic N) is 2. The lowest BCUT2D eigenvalue weighted by atomic mass is 10.2. The first-order chi connectivity index (χ1) is 11.2. The number of anilines is 2. The van der Waals surface area contributed by atoms with E-state index in [1.54, 1.807) is 0 Å². The minimum absolute atomic E-state index is 0.0771. The second-order valence-electron chi connectivity index (χ2n) is 4.80. The fraction of sp³-hybridized carbons (Fsp3) is 0.0667. The van der Waals surface area contributed by atoms with Crippen LogP contribution in [0.5, 0.6) is 0 Å². The molecule has 0 saturated heterocycles. The molecule has 0 fully saturated rings. The summed E-state index contributed by atoms with van der Waals surface area (Å²) in [5.74, 6) is -4.53. The summed E-state index contributed by atoms with van der Waals surface area (Å²) in [6.45, 7) is 0. The van der Waals surface area contributed by atoms with Gasteiger partial charge in [-0.05, 0) is 30.3 Å². The maximum absolute atomic E-state index is 13.7. The van der Waals surface area contributed by atoms with E-state index in [1.807, 2.05) is 0 Å². The third-order valence-corrected chi connectivity index (χ3v) is 3.10. The molecule has 0 aliphatic rings. The van der Waals surface area contributed by atoms with Gasteiger partial charge in [-0.15, -0.1) is 0 Å². The summed E-state index contributed by atoms with van der Waals surface area (Å²) in [4.78, 5) is 6.63. The standard InChI is InChI=1S/C15H7F6N3/c16-7-1-3-11-9(5-7)13(24-14(23-11)15(19,20)21)22-12-4-2-8(17)6-10(12)18/h1-6H,(H,22,23,24). The molecule has 2 aromatic carbocycles. The van der Waals surface area contributed by atoms with Crippen LogP contribution in [0.25, 0.3) is 10.9 Å². The fourth-order valence-corrected chi connectivity index (χ4v) is 2.04. The van der Waals surface area contributed by atoms with Crippen molar-refractivity contribution in [1.29, 1.82) is 0 Å². The Morgan fingerprint density at radius 3 is 2.17 bits per heavy atom. The normalized spacial score (nSPS) is 11.8. The highest BCUT2D eigenvalue weighted by atomic mass is 19.4. The number of rotatable bonds is 2. The highest BCUT2D eigenvalue weighted by Gasteiger charge is 2.35. The number of hydrogen-bond acceptors (Lipinski definition) is 3. The molecule has 124 valence electrons. The zero-order valence-corrected chi connectivity index (χ0v) is 11.6. The van der Waals surface area contributed by atoms with Crippen LogP contribution in [0.4, 0.5) is 37.8 Å². The first-order valence-electron chi connectivity index (χ1n) is 6.50. The quantitative estimate of drug-likeness (QED) is 0.679. The Kier molecular flexibility index (Phi) is 3.78. The molecule has 0 bridgehead atoms. The molecule has 1 N–H and O–H groups in total. The van der Waals surface area contributed by atoms with Gasteiger partial charge >= 0.3 is 6.18 Å². The molecule has 0 atom stereocenters. The SMILES string of the molecule is Fc1ccc(Nc2nc(C(F)(F)F)nc3ccc(F)cc23)c(F)c1. The highest BCUT2D eigenvalue weighted by molar-refractivity contribution is 5.90. The zero-order valence-electron chi connectivity index (χ0n) is 11.6. The molecule has 9 heteroatoms. The van der Waals surface area contributed by atoms with Crippen LogP contribution < -0.4 is 5.32 Å². The second-order valence-corrected chi connectivity index (χ2v) is 4.80. The summed E-state index contributed by atoms with van der Waals surface area (Å²) in [5, 5.41) is 2.25. The van der Waals surface area contributed by atoms with Gasteiger partial charge in [0.25, 0.3) is 0 Å². The van der Waals surface area contributed by atoms with E-state index in [4.69, 9.17) is 0 Å².